The Hall–Kier alpha value is -3.31. The highest BCUT2D eigenvalue weighted by molar-refractivity contribution is 6.03. The van der Waals surface area contributed by atoms with E-state index in [4.69, 9.17) is 5.73 Å². The highest BCUT2D eigenvalue weighted by Gasteiger charge is 2.52. The first kappa shape index (κ1) is 28.3. The molecule has 0 aromatic carbocycles. The number of halogens is 5. The Morgan fingerprint density at radius 3 is 2.32 bits per heavy atom. The molecule has 0 unspecified atom stereocenters. The van der Waals surface area contributed by atoms with Crippen LogP contribution in [0.4, 0.5) is 22.0 Å². The monoisotopic (exact) mass is 527 g/mol. The van der Waals surface area contributed by atoms with Crippen molar-refractivity contribution in [1.82, 2.24) is 19.7 Å². The number of carbonyl (C=O) groups excluding carboxylic acids is 1. The van der Waals surface area contributed by atoms with Gasteiger partial charge in [-0.2, -0.15) is 18.3 Å². The number of primary amides is 1. The van der Waals surface area contributed by atoms with Crippen molar-refractivity contribution < 1.29 is 26.7 Å². The van der Waals surface area contributed by atoms with Gasteiger partial charge in [-0.05, 0) is 39.7 Å². The summed E-state index contributed by atoms with van der Waals surface area (Å²) in [4.78, 5) is 31.5. The molecule has 0 aliphatic heterocycles. The molecule has 1 amide bonds. The van der Waals surface area contributed by atoms with E-state index in [1.54, 1.807) is 0 Å². The van der Waals surface area contributed by atoms with Crippen LogP contribution < -0.4 is 11.2 Å². The van der Waals surface area contributed by atoms with Crippen LogP contribution in [0.3, 0.4) is 0 Å². The lowest BCUT2D eigenvalue weighted by Crippen LogP contribution is -2.37. The summed E-state index contributed by atoms with van der Waals surface area (Å²) >= 11 is 0. The summed E-state index contributed by atoms with van der Waals surface area (Å²) in [5, 5.41) is 4.24. The van der Waals surface area contributed by atoms with Crippen LogP contribution in [0.1, 0.15) is 81.2 Å². The van der Waals surface area contributed by atoms with Crippen molar-refractivity contribution in [3.63, 3.8) is 0 Å². The lowest BCUT2D eigenvalue weighted by Gasteiger charge is -2.30. The van der Waals surface area contributed by atoms with Crippen molar-refractivity contribution >= 4 is 16.8 Å². The Labute approximate surface area is 210 Å². The number of pyridine rings is 2. The van der Waals surface area contributed by atoms with Gasteiger partial charge < -0.3 is 10.7 Å². The van der Waals surface area contributed by atoms with Gasteiger partial charge in [0.1, 0.15) is 11.1 Å². The van der Waals surface area contributed by atoms with Gasteiger partial charge in [0.2, 0.25) is 5.92 Å². The normalized spacial score (nSPS) is 16.4. The van der Waals surface area contributed by atoms with Gasteiger partial charge in [-0.3, -0.25) is 19.3 Å². The van der Waals surface area contributed by atoms with Crippen molar-refractivity contribution in [2.75, 3.05) is 0 Å². The number of nitrogens with zero attached hydrogens (tertiary/aromatic N) is 3. The Morgan fingerprint density at radius 2 is 1.78 bits per heavy atom. The van der Waals surface area contributed by atoms with E-state index < -0.39 is 47.7 Å². The minimum Gasteiger partial charge on any atom is -0.364 e. The quantitative estimate of drug-likeness (QED) is 0.418. The van der Waals surface area contributed by atoms with Crippen molar-refractivity contribution in [2.24, 2.45) is 5.73 Å². The third-order valence-corrected chi connectivity index (χ3v) is 6.71. The first-order valence-electron chi connectivity index (χ1n) is 12.0. The third-order valence-electron chi connectivity index (χ3n) is 6.71. The zero-order valence-corrected chi connectivity index (χ0v) is 21.3. The molecule has 0 bridgehead atoms. The average Bonchev–Trinajstić information content (AvgIpc) is 3.16. The second-order valence-corrected chi connectivity index (χ2v) is 9.47. The fourth-order valence-corrected chi connectivity index (χ4v) is 4.62. The number of amides is 1. The number of aromatic amines is 1. The van der Waals surface area contributed by atoms with Crippen LogP contribution in [0, 0.1) is 6.92 Å². The molecule has 4 rings (SSSR count). The van der Waals surface area contributed by atoms with Gasteiger partial charge in [0.15, 0.2) is 5.43 Å². The molecule has 12 heteroatoms. The zero-order chi connectivity index (χ0) is 27.9. The van der Waals surface area contributed by atoms with E-state index in [-0.39, 0.29) is 52.1 Å². The molecule has 1 fully saturated rings. The van der Waals surface area contributed by atoms with E-state index in [9.17, 15) is 31.5 Å². The Morgan fingerprint density at radius 1 is 1.19 bits per heavy atom. The lowest BCUT2D eigenvalue weighted by molar-refractivity contribution is -0.181. The van der Waals surface area contributed by atoms with Crippen LogP contribution in [0.5, 0.6) is 0 Å². The van der Waals surface area contributed by atoms with E-state index in [1.807, 2.05) is 13.8 Å². The molecule has 0 atom stereocenters. The number of alkyl halides is 5. The Balaban J connectivity index is 0.00000186. The van der Waals surface area contributed by atoms with Gasteiger partial charge in [0.25, 0.3) is 5.91 Å². The standard InChI is InChI=1S/C23H24F5N5O2.C2H6/c1-11-18(14-10-15(34)16-13(31-14)6-9-30-17(16)20(29)35)33(12-4-7-22(24,25)8-5-12)32-19(11)21(2,3)23(26,27)28;1-2/h6,9-10,12H,4-5,7-8H2,1-3H3,(H2,29,35)(H,31,34);1-2H3. The van der Waals surface area contributed by atoms with Crippen LogP contribution >= 0.6 is 0 Å². The summed E-state index contributed by atoms with van der Waals surface area (Å²) in [5.74, 6) is -3.75. The fourth-order valence-electron chi connectivity index (χ4n) is 4.62. The second-order valence-electron chi connectivity index (χ2n) is 9.47. The average molecular weight is 528 g/mol. The van der Waals surface area contributed by atoms with E-state index in [2.05, 4.69) is 15.1 Å². The predicted molar refractivity (Wildman–Crippen MR) is 130 cm³/mol. The molecule has 3 aromatic rings. The molecule has 0 saturated heterocycles. The molecule has 1 aliphatic rings. The number of aromatic nitrogens is 4. The highest BCUT2D eigenvalue weighted by atomic mass is 19.4. The van der Waals surface area contributed by atoms with Crippen molar-refractivity contribution in [3.8, 4) is 11.4 Å². The smallest absolute Gasteiger partial charge is 0.364 e. The molecule has 37 heavy (non-hydrogen) atoms. The van der Waals surface area contributed by atoms with Crippen LogP contribution in [-0.4, -0.2) is 37.8 Å². The minimum atomic E-state index is -4.63. The van der Waals surface area contributed by atoms with Crippen molar-refractivity contribution in [3.05, 3.63) is 45.5 Å². The molecule has 3 N–H and O–H groups in total. The Bertz CT molecular complexity index is 1360. The number of rotatable bonds is 4. The fraction of sp³-hybridized carbons (Fsp3) is 0.520. The number of nitrogens with two attached hydrogens (primary N) is 1. The number of hydrogen-bond donors (Lipinski definition) is 2. The minimum absolute atomic E-state index is 0.0144. The van der Waals surface area contributed by atoms with Gasteiger partial charge in [-0.15, -0.1) is 0 Å². The van der Waals surface area contributed by atoms with Crippen molar-refractivity contribution in [2.45, 2.75) is 83.9 Å². The zero-order valence-electron chi connectivity index (χ0n) is 21.3. The van der Waals surface area contributed by atoms with Crippen LogP contribution in [0.2, 0.25) is 0 Å². The topological polar surface area (TPSA) is 107 Å². The van der Waals surface area contributed by atoms with Crippen LogP contribution in [0.25, 0.3) is 22.3 Å². The number of carbonyl (C=O) groups is 1. The van der Waals surface area contributed by atoms with Crippen molar-refractivity contribution in [1.29, 1.82) is 0 Å². The predicted octanol–water partition coefficient (Wildman–Crippen LogP) is 5.81. The largest absolute Gasteiger partial charge is 0.399 e. The molecule has 1 saturated carbocycles. The number of H-pyrrole nitrogens is 1. The molecule has 3 aromatic heterocycles. The van der Waals surface area contributed by atoms with Gasteiger partial charge in [0, 0.05) is 30.7 Å². The Kier molecular flexibility index (Phi) is 7.54. The molecule has 3 heterocycles. The maximum atomic E-state index is 13.9. The summed E-state index contributed by atoms with van der Waals surface area (Å²) in [6.07, 6.45) is -4.17. The van der Waals surface area contributed by atoms with Crippen LogP contribution in [-0.2, 0) is 5.41 Å². The second kappa shape index (κ2) is 9.86. The molecule has 7 nitrogen and oxygen atoms in total. The molecular formula is C25H30F5N5O2. The molecule has 0 spiro atoms. The van der Waals surface area contributed by atoms with E-state index in [0.29, 0.717) is 0 Å². The van der Waals surface area contributed by atoms with E-state index >= 15 is 0 Å². The van der Waals surface area contributed by atoms with E-state index in [0.717, 1.165) is 19.9 Å². The maximum absolute atomic E-state index is 13.9. The summed E-state index contributed by atoms with van der Waals surface area (Å²) in [5.41, 5.74) is 2.59. The lowest BCUT2D eigenvalue weighted by atomic mass is 9.85. The van der Waals surface area contributed by atoms with E-state index in [1.165, 1.54) is 23.9 Å². The highest BCUT2D eigenvalue weighted by Crippen LogP contribution is 2.45. The summed E-state index contributed by atoms with van der Waals surface area (Å²) < 4.78 is 70.7. The molecular weight excluding hydrogens is 497 g/mol. The molecule has 0 radical (unpaired) electrons. The third kappa shape index (κ3) is 5.10. The summed E-state index contributed by atoms with van der Waals surface area (Å²) in [6.45, 7) is 7.46. The summed E-state index contributed by atoms with van der Waals surface area (Å²) in [6, 6.07) is 1.99. The maximum Gasteiger partial charge on any atom is 0.399 e. The van der Waals surface area contributed by atoms with Gasteiger partial charge >= 0.3 is 6.18 Å². The number of nitrogens with one attached hydrogen (secondary N) is 1. The van der Waals surface area contributed by atoms with Gasteiger partial charge in [0.05, 0.1) is 34.0 Å². The first-order chi connectivity index (χ1) is 17.1. The number of hydrogen-bond acceptors (Lipinski definition) is 4. The molecule has 1 aliphatic carbocycles. The van der Waals surface area contributed by atoms with Crippen LogP contribution in [0.15, 0.2) is 23.1 Å². The van der Waals surface area contributed by atoms with Gasteiger partial charge in [-0.1, -0.05) is 13.8 Å². The summed E-state index contributed by atoms with van der Waals surface area (Å²) in [7, 11) is 0. The SMILES string of the molecule is CC.Cc1c(C(C)(C)C(F)(F)F)nn(C2CCC(F)(F)CC2)c1-c1cc(=O)c2c(C(N)=O)nccc2[nH]1. The molecule has 202 valence electrons. The van der Waals surface area contributed by atoms with Gasteiger partial charge in [-0.25, -0.2) is 8.78 Å². The first-order valence-corrected chi connectivity index (χ1v) is 12.0. The number of fused-ring (bicyclic) bond motifs is 1.